The highest BCUT2D eigenvalue weighted by molar-refractivity contribution is 5.27. The summed E-state index contributed by atoms with van der Waals surface area (Å²) in [7, 11) is 0. The van der Waals surface area contributed by atoms with Crippen molar-refractivity contribution in [1.82, 2.24) is 0 Å². The summed E-state index contributed by atoms with van der Waals surface area (Å²) in [6.07, 6.45) is -2.46. The van der Waals surface area contributed by atoms with Gasteiger partial charge in [-0.1, -0.05) is 17.7 Å². The zero-order valence-corrected chi connectivity index (χ0v) is 6.85. The second-order valence-electron chi connectivity index (χ2n) is 2.45. The molecule has 0 heterocycles. The summed E-state index contributed by atoms with van der Waals surface area (Å²) in [5.74, 6) is 0.0518. The Morgan fingerprint density at radius 1 is 1.08 bits per heavy atom. The first-order chi connectivity index (χ1) is 6.09. The first-order valence-electron chi connectivity index (χ1n) is 3.55. The van der Waals surface area contributed by atoms with E-state index in [1.165, 1.54) is 12.1 Å². The molecule has 0 N–H and O–H groups in total. The highest BCUT2D eigenvalue weighted by Gasteiger charge is 2.06. The van der Waals surface area contributed by atoms with Crippen LogP contribution in [-0.4, -0.2) is 0 Å². The molecule has 0 unspecified atom stereocenters. The molecule has 0 atom stereocenters. The van der Waals surface area contributed by atoms with Gasteiger partial charge in [0.05, 0.1) is 0 Å². The molecule has 0 fully saturated rings. The van der Waals surface area contributed by atoms with Crippen molar-refractivity contribution in [2.45, 2.75) is 6.92 Å². The molecule has 0 amide bonds. The lowest BCUT2D eigenvalue weighted by atomic mass is 10.2. The fourth-order valence-corrected chi connectivity index (χ4v) is 0.748. The van der Waals surface area contributed by atoms with E-state index in [2.05, 4.69) is 4.74 Å². The average Bonchev–Trinajstić information content (AvgIpc) is 2.08. The Morgan fingerprint density at radius 2 is 1.62 bits per heavy atom. The molecule has 0 aliphatic carbocycles. The second kappa shape index (κ2) is 3.98. The molecule has 70 valence electrons. The van der Waals surface area contributed by atoms with E-state index in [0.29, 0.717) is 0 Å². The van der Waals surface area contributed by atoms with Crippen molar-refractivity contribution in [3.8, 4) is 5.75 Å². The summed E-state index contributed by atoms with van der Waals surface area (Å²) in [5.41, 5.74) is 0.942. The van der Waals surface area contributed by atoms with Gasteiger partial charge in [-0.05, 0) is 19.1 Å². The first kappa shape index (κ1) is 9.64. The second-order valence-corrected chi connectivity index (χ2v) is 2.45. The molecule has 0 saturated carbocycles. The lowest BCUT2D eigenvalue weighted by Gasteiger charge is -2.01. The summed E-state index contributed by atoms with van der Waals surface area (Å²) in [6.45, 7) is 1.83. The van der Waals surface area contributed by atoms with Gasteiger partial charge in [-0.3, -0.25) is 0 Å². The smallest absolute Gasteiger partial charge is 0.344 e. The van der Waals surface area contributed by atoms with Crippen LogP contribution in [0.3, 0.4) is 0 Å². The maximum Gasteiger partial charge on any atom is 0.344 e. The summed E-state index contributed by atoms with van der Waals surface area (Å²) < 4.78 is 39.6. The molecular formula is C9H7F3O. The maximum absolute atomic E-state index is 12.2. The van der Waals surface area contributed by atoms with E-state index in [0.717, 1.165) is 5.56 Å². The Labute approximate surface area is 73.4 Å². The Bertz CT molecular complexity index is 312. The van der Waals surface area contributed by atoms with Gasteiger partial charge in [-0.2, -0.15) is 13.2 Å². The van der Waals surface area contributed by atoms with Crippen molar-refractivity contribution in [3.05, 3.63) is 41.9 Å². The van der Waals surface area contributed by atoms with Crippen molar-refractivity contribution in [1.29, 1.82) is 0 Å². The van der Waals surface area contributed by atoms with E-state index in [1.807, 2.05) is 6.92 Å². The number of aryl methyl sites for hydroxylation is 1. The van der Waals surface area contributed by atoms with Crippen LogP contribution in [0.1, 0.15) is 5.56 Å². The first-order valence-corrected chi connectivity index (χ1v) is 3.55. The molecule has 0 bridgehead atoms. The maximum atomic E-state index is 12.2. The average molecular weight is 188 g/mol. The highest BCUT2D eigenvalue weighted by Crippen LogP contribution is 2.18. The fraction of sp³-hybridized carbons (Fsp3) is 0.111. The monoisotopic (exact) mass is 188 g/mol. The molecule has 0 saturated heterocycles. The molecule has 13 heavy (non-hydrogen) atoms. The van der Waals surface area contributed by atoms with E-state index in [-0.39, 0.29) is 5.75 Å². The van der Waals surface area contributed by atoms with Gasteiger partial charge in [-0.25, -0.2) is 0 Å². The van der Waals surface area contributed by atoms with Crippen LogP contribution in [0.2, 0.25) is 0 Å². The molecule has 0 aromatic heterocycles. The van der Waals surface area contributed by atoms with Gasteiger partial charge in [0, 0.05) is 0 Å². The third kappa shape index (κ3) is 2.82. The normalized spacial score (nSPS) is 9.54. The van der Waals surface area contributed by atoms with Gasteiger partial charge in [0.2, 0.25) is 0 Å². The van der Waals surface area contributed by atoms with Crippen molar-refractivity contribution in [2.24, 2.45) is 0 Å². The van der Waals surface area contributed by atoms with Crippen molar-refractivity contribution in [3.63, 3.8) is 0 Å². The van der Waals surface area contributed by atoms with Crippen molar-refractivity contribution in [2.75, 3.05) is 0 Å². The van der Waals surface area contributed by atoms with Crippen LogP contribution >= 0.6 is 0 Å². The Kier molecular flexibility index (Phi) is 2.95. The predicted molar refractivity (Wildman–Crippen MR) is 42.2 cm³/mol. The number of benzene rings is 1. The topological polar surface area (TPSA) is 9.23 Å². The standard InChI is InChI=1S/C9H7F3O/c1-6-2-4-7(5-3-6)13-9(12)8(10)11/h2-5H,1H3. The van der Waals surface area contributed by atoms with Crippen LogP contribution in [0.4, 0.5) is 13.2 Å². The zero-order chi connectivity index (χ0) is 9.84. The molecule has 0 aliphatic heterocycles. The predicted octanol–water partition coefficient (Wildman–Crippen LogP) is 3.41. The largest absolute Gasteiger partial charge is 0.428 e. The lowest BCUT2D eigenvalue weighted by Crippen LogP contribution is -1.90. The Balaban J connectivity index is 2.76. The molecule has 1 nitrogen and oxygen atoms in total. The van der Waals surface area contributed by atoms with Gasteiger partial charge < -0.3 is 4.74 Å². The summed E-state index contributed by atoms with van der Waals surface area (Å²) in [4.78, 5) is 0. The Morgan fingerprint density at radius 3 is 2.08 bits per heavy atom. The SMILES string of the molecule is Cc1ccc(OC(F)=C(F)F)cc1. The van der Waals surface area contributed by atoms with E-state index in [1.54, 1.807) is 12.1 Å². The van der Waals surface area contributed by atoms with E-state index < -0.39 is 12.1 Å². The van der Waals surface area contributed by atoms with Gasteiger partial charge in [0.1, 0.15) is 5.75 Å². The van der Waals surface area contributed by atoms with Gasteiger partial charge in [-0.15, -0.1) is 0 Å². The molecule has 4 heteroatoms. The minimum absolute atomic E-state index is 0.0518. The quantitative estimate of drug-likeness (QED) is 0.646. The third-order valence-corrected chi connectivity index (χ3v) is 1.38. The minimum atomic E-state index is -2.46. The van der Waals surface area contributed by atoms with Crippen LogP contribution in [0.15, 0.2) is 36.4 Å². The zero-order valence-electron chi connectivity index (χ0n) is 6.85. The van der Waals surface area contributed by atoms with E-state index in [4.69, 9.17) is 0 Å². The number of hydrogen-bond donors (Lipinski definition) is 0. The van der Waals surface area contributed by atoms with Crippen LogP contribution in [0.5, 0.6) is 5.75 Å². The van der Waals surface area contributed by atoms with Crippen LogP contribution in [0.25, 0.3) is 0 Å². The molecule has 1 rings (SSSR count). The number of rotatable bonds is 2. The van der Waals surface area contributed by atoms with E-state index >= 15 is 0 Å². The molecule has 1 aromatic carbocycles. The van der Waals surface area contributed by atoms with Crippen LogP contribution < -0.4 is 4.74 Å². The fourth-order valence-electron chi connectivity index (χ4n) is 0.748. The minimum Gasteiger partial charge on any atom is -0.428 e. The molecule has 0 aliphatic rings. The van der Waals surface area contributed by atoms with E-state index in [9.17, 15) is 13.2 Å². The molecule has 1 aromatic rings. The molecular weight excluding hydrogens is 181 g/mol. The molecule has 0 spiro atoms. The highest BCUT2D eigenvalue weighted by atomic mass is 19.3. The summed E-state index contributed by atoms with van der Waals surface area (Å²) in [6, 6.07) is 4.25. The number of ether oxygens (including phenoxy) is 1. The van der Waals surface area contributed by atoms with Gasteiger partial charge >= 0.3 is 12.1 Å². The van der Waals surface area contributed by atoms with Crippen molar-refractivity contribution >= 4 is 0 Å². The van der Waals surface area contributed by atoms with Gasteiger partial charge in [0.25, 0.3) is 0 Å². The summed E-state index contributed by atoms with van der Waals surface area (Å²) >= 11 is 0. The van der Waals surface area contributed by atoms with Gasteiger partial charge in [0.15, 0.2) is 0 Å². The number of hydrogen-bond acceptors (Lipinski definition) is 1. The Hall–Kier alpha value is -1.45. The summed E-state index contributed by atoms with van der Waals surface area (Å²) in [5, 5.41) is 0. The molecule has 0 radical (unpaired) electrons. The van der Waals surface area contributed by atoms with Crippen LogP contribution in [0, 0.1) is 6.92 Å². The van der Waals surface area contributed by atoms with Crippen LogP contribution in [-0.2, 0) is 0 Å². The van der Waals surface area contributed by atoms with Crippen molar-refractivity contribution < 1.29 is 17.9 Å². The third-order valence-electron chi connectivity index (χ3n) is 1.38. The lowest BCUT2D eigenvalue weighted by molar-refractivity contribution is 0.241. The number of halogens is 3.